The second-order valence-corrected chi connectivity index (χ2v) is 5.00. The summed E-state index contributed by atoms with van der Waals surface area (Å²) < 4.78 is 14.9. The number of pyridine rings is 1. The van der Waals surface area contributed by atoms with Crippen molar-refractivity contribution in [2.24, 2.45) is 0 Å². The van der Waals surface area contributed by atoms with E-state index in [0.29, 0.717) is 5.82 Å². The average Bonchev–Trinajstić information content (AvgIpc) is 3.16. The lowest BCUT2D eigenvalue weighted by molar-refractivity contribution is 0.620. The van der Waals surface area contributed by atoms with Crippen LogP contribution in [0.2, 0.25) is 0 Å². The summed E-state index contributed by atoms with van der Waals surface area (Å²) in [6.07, 6.45) is 5.75. The molecule has 104 valence electrons. The van der Waals surface area contributed by atoms with Crippen LogP contribution in [0.25, 0.3) is 17.1 Å². The predicted octanol–water partition coefficient (Wildman–Crippen LogP) is 3.04. The zero-order valence-electron chi connectivity index (χ0n) is 11.3. The van der Waals surface area contributed by atoms with Crippen LogP contribution in [0.4, 0.5) is 10.1 Å². The molecule has 1 aliphatic heterocycles. The summed E-state index contributed by atoms with van der Waals surface area (Å²) in [6, 6.07) is 9.30. The van der Waals surface area contributed by atoms with Gasteiger partial charge in [0.1, 0.15) is 18.0 Å². The van der Waals surface area contributed by atoms with Crippen LogP contribution in [0.3, 0.4) is 0 Å². The van der Waals surface area contributed by atoms with E-state index < -0.39 is 0 Å². The van der Waals surface area contributed by atoms with Gasteiger partial charge in [0.05, 0.1) is 18.1 Å². The molecule has 4 rings (SSSR count). The molecule has 0 aliphatic carbocycles. The predicted molar refractivity (Wildman–Crippen MR) is 78.9 cm³/mol. The molecule has 0 fully saturated rings. The Morgan fingerprint density at radius 3 is 2.95 bits per heavy atom. The zero-order chi connectivity index (χ0) is 14.2. The zero-order valence-corrected chi connectivity index (χ0v) is 11.3. The maximum atomic E-state index is 13.0. The molecule has 3 aromatic rings. The van der Waals surface area contributed by atoms with E-state index in [0.717, 1.165) is 29.9 Å². The molecule has 1 aromatic carbocycles. The van der Waals surface area contributed by atoms with Crippen molar-refractivity contribution in [2.45, 2.75) is 6.42 Å². The van der Waals surface area contributed by atoms with Crippen molar-refractivity contribution in [3.05, 3.63) is 60.4 Å². The number of fused-ring (bicyclic) bond motifs is 1. The molecule has 0 spiro atoms. The van der Waals surface area contributed by atoms with Gasteiger partial charge in [0.2, 0.25) is 0 Å². The van der Waals surface area contributed by atoms with E-state index in [4.69, 9.17) is 0 Å². The Morgan fingerprint density at radius 2 is 2.10 bits per heavy atom. The summed E-state index contributed by atoms with van der Waals surface area (Å²) in [5, 5.41) is 3.42. The fourth-order valence-corrected chi connectivity index (χ4v) is 2.74. The standard InChI is InChI=1S/C16H13FN4/c17-12-4-5-15(20-8-12)21-10-18-9-14(21)13-3-1-2-11-6-7-19-16(11)13/h1-5,8-10,19H,6-7H2. The van der Waals surface area contributed by atoms with E-state index >= 15 is 0 Å². The van der Waals surface area contributed by atoms with Gasteiger partial charge >= 0.3 is 0 Å². The molecular formula is C16H13FN4. The van der Waals surface area contributed by atoms with Crippen molar-refractivity contribution < 1.29 is 4.39 Å². The van der Waals surface area contributed by atoms with Gasteiger partial charge in [-0.25, -0.2) is 14.4 Å². The fraction of sp³-hybridized carbons (Fsp3) is 0.125. The van der Waals surface area contributed by atoms with E-state index in [1.165, 1.54) is 17.8 Å². The van der Waals surface area contributed by atoms with Crippen molar-refractivity contribution in [1.82, 2.24) is 14.5 Å². The maximum Gasteiger partial charge on any atom is 0.141 e. The second-order valence-electron chi connectivity index (χ2n) is 5.00. The molecule has 0 atom stereocenters. The molecule has 0 unspecified atom stereocenters. The van der Waals surface area contributed by atoms with Gasteiger partial charge < -0.3 is 5.32 Å². The summed E-state index contributed by atoms with van der Waals surface area (Å²) >= 11 is 0. The Labute approximate surface area is 121 Å². The van der Waals surface area contributed by atoms with E-state index in [1.807, 2.05) is 4.57 Å². The van der Waals surface area contributed by atoms with Gasteiger partial charge in [-0.15, -0.1) is 0 Å². The van der Waals surface area contributed by atoms with Crippen molar-refractivity contribution in [1.29, 1.82) is 0 Å². The second kappa shape index (κ2) is 4.70. The first-order valence-electron chi connectivity index (χ1n) is 6.83. The Bertz CT molecular complexity index is 792. The minimum Gasteiger partial charge on any atom is -0.384 e. The average molecular weight is 280 g/mol. The number of hydrogen-bond donors (Lipinski definition) is 1. The molecule has 0 radical (unpaired) electrons. The molecule has 2 aromatic heterocycles. The van der Waals surface area contributed by atoms with Crippen LogP contribution >= 0.6 is 0 Å². The number of aromatic nitrogens is 3. The summed E-state index contributed by atoms with van der Waals surface area (Å²) in [5.74, 6) is 0.308. The maximum absolute atomic E-state index is 13.0. The number of halogens is 1. The summed E-state index contributed by atoms with van der Waals surface area (Å²) in [6.45, 7) is 0.954. The molecule has 5 heteroatoms. The van der Waals surface area contributed by atoms with E-state index in [2.05, 4.69) is 33.5 Å². The number of benzene rings is 1. The smallest absolute Gasteiger partial charge is 0.141 e. The number of anilines is 1. The molecule has 0 saturated heterocycles. The largest absolute Gasteiger partial charge is 0.384 e. The van der Waals surface area contributed by atoms with E-state index in [-0.39, 0.29) is 5.82 Å². The molecule has 0 saturated carbocycles. The minimum atomic E-state index is -0.345. The molecular weight excluding hydrogens is 267 g/mol. The number of nitrogens with zero attached hydrogens (tertiary/aromatic N) is 3. The normalized spacial score (nSPS) is 13.0. The van der Waals surface area contributed by atoms with Crippen LogP contribution < -0.4 is 5.32 Å². The highest BCUT2D eigenvalue weighted by Crippen LogP contribution is 2.34. The van der Waals surface area contributed by atoms with Crippen LogP contribution in [0.5, 0.6) is 0 Å². The first kappa shape index (κ1) is 12.1. The Kier molecular flexibility index (Phi) is 2.70. The highest BCUT2D eigenvalue weighted by atomic mass is 19.1. The molecule has 0 bridgehead atoms. The Hall–Kier alpha value is -2.69. The van der Waals surface area contributed by atoms with Crippen LogP contribution in [0, 0.1) is 5.82 Å². The van der Waals surface area contributed by atoms with Gasteiger partial charge in [-0.1, -0.05) is 18.2 Å². The third-order valence-electron chi connectivity index (χ3n) is 3.72. The number of rotatable bonds is 2. The van der Waals surface area contributed by atoms with Crippen LogP contribution in [-0.2, 0) is 6.42 Å². The Balaban J connectivity index is 1.86. The monoisotopic (exact) mass is 280 g/mol. The van der Waals surface area contributed by atoms with Crippen LogP contribution in [0.15, 0.2) is 49.1 Å². The lowest BCUT2D eigenvalue weighted by Crippen LogP contribution is -2.00. The van der Waals surface area contributed by atoms with Crippen LogP contribution in [0.1, 0.15) is 5.56 Å². The lowest BCUT2D eigenvalue weighted by Gasteiger charge is -2.11. The van der Waals surface area contributed by atoms with Gasteiger partial charge in [-0.2, -0.15) is 0 Å². The minimum absolute atomic E-state index is 0.345. The highest BCUT2D eigenvalue weighted by Gasteiger charge is 2.17. The number of imidazole rings is 1. The molecule has 3 heterocycles. The number of hydrogen-bond acceptors (Lipinski definition) is 3. The quantitative estimate of drug-likeness (QED) is 0.784. The van der Waals surface area contributed by atoms with Crippen molar-refractivity contribution in [2.75, 3.05) is 11.9 Å². The summed E-state index contributed by atoms with van der Waals surface area (Å²) in [4.78, 5) is 8.35. The molecule has 4 nitrogen and oxygen atoms in total. The molecule has 1 N–H and O–H groups in total. The first-order chi connectivity index (χ1) is 10.3. The van der Waals surface area contributed by atoms with Crippen molar-refractivity contribution >= 4 is 5.69 Å². The summed E-state index contributed by atoms with van der Waals surface area (Å²) in [5.41, 5.74) is 4.50. The van der Waals surface area contributed by atoms with E-state index in [9.17, 15) is 4.39 Å². The van der Waals surface area contributed by atoms with Crippen LogP contribution in [-0.4, -0.2) is 21.1 Å². The van der Waals surface area contributed by atoms with Gasteiger partial charge in [-0.3, -0.25) is 4.57 Å². The molecule has 0 amide bonds. The third-order valence-corrected chi connectivity index (χ3v) is 3.72. The fourth-order valence-electron chi connectivity index (χ4n) is 2.74. The van der Waals surface area contributed by atoms with Gasteiger partial charge in [0.15, 0.2) is 0 Å². The van der Waals surface area contributed by atoms with Gasteiger partial charge in [-0.05, 0) is 24.1 Å². The SMILES string of the molecule is Fc1ccc(-n2cncc2-c2cccc3c2NCC3)nc1. The first-order valence-corrected chi connectivity index (χ1v) is 6.83. The topological polar surface area (TPSA) is 42.7 Å². The Morgan fingerprint density at radius 1 is 1.14 bits per heavy atom. The van der Waals surface area contributed by atoms with Crippen molar-refractivity contribution in [3.8, 4) is 17.1 Å². The van der Waals surface area contributed by atoms with Gasteiger partial charge in [0, 0.05) is 17.8 Å². The number of nitrogens with one attached hydrogen (secondary N) is 1. The highest BCUT2D eigenvalue weighted by molar-refractivity contribution is 5.80. The lowest BCUT2D eigenvalue weighted by atomic mass is 10.1. The molecule has 1 aliphatic rings. The van der Waals surface area contributed by atoms with Gasteiger partial charge in [0.25, 0.3) is 0 Å². The summed E-state index contributed by atoms with van der Waals surface area (Å²) in [7, 11) is 0. The van der Waals surface area contributed by atoms with E-state index in [1.54, 1.807) is 18.6 Å². The molecule has 21 heavy (non-hydrogen) atoms. The van der Waals surface area contributed by atoms with Crippen molar-refractivity contribution in [3.63, 3.8) is 0 Å². The third kappa shape index (κ3) is 1.98. The number of para-hydroxylation sites is 1.